The third-order valence-corrected chi connectivity index (χ3v) is 4.98. The van der Waals surface area contributed by atoms with Crippen LogP contribution in [0.25, 0.3) is 0 Å². The number of cyclic esters (lactones) is 1. The van der Waals surface area contributed by atoms with Gasteiger partial charge in [0.2, 0.25) is 0 Å². The van der Waals surface area contributed by atoms with Crippen LogP contribution >= 0.6 is 11.8 Å². The summed E-state index contributed by atoms with van der Waals surface area (Å²) in [6.07, 6.45) is 0.445. The Bertz CT molecular complexity index is 510. The Morgan fingerprint density at radius 3 is 2.41 bits per heavy atom. The largest absolute Gasteiger partial charge is 0.497 e. The van der Waals surface area contributed by atoms with Crippen molar-refractivity contribution in [2.75, 3.05) is 13.0 Å². The fourth-order valence-electron chi connectivity index (χ4n) is 2.48. The molecule has 22 heavy (non-hydrogen) atoms. The molecule has 5 heteroatoms. The zero-order valence-corrected chi connectivity index (χ0v) is 14.8. The van der Waals surface area contributed by atoms with Gasteiger partial charge in [0.25, 0.3) is 0 Å². The SMILES string of the molecule is CC[C@H]1[C@@H](c2ccc(OC)cc2)OC(=O)N1CSC(C)(C)C. The summed E-state index contributed by atoms with van der Waals surface area (Å²) in [7, 11) is 1.64. The van der Waals surface area contributed by atoms with E-state index in [9.17, 15) is 4.79 Å². The van der Waals surface area contributed by atoms with E-state index in [0.29, 0.717) is 5.88 Å². The van der Waals surface area contributed by atoms with Gasteiger partial charge in [-0.15, -0.1) is 11.8 Å². The molecule has 0 radical (unpaired) electrons. The van der Waals surface area contributed by atoms with Gasteiger partial charge in [-0.2, -0.15) is 0 Å². The van der Waals surface area contributed by atoms with Gasteiger partial charge in [-0.05, 0) is 24.1 Å². The highest BCUT2D eigenvalue weighted by atomic mass is 32.2. The summed E-state index contributed by atoms with van der Waals surface area (Å²) in [6, 6.07) is 7.83. The first kappa shape index (κ1) is 17.0. The van der Waals surface area contributed by atoms with Gasteiger partial charge in [0, 0.05) is 4.75 Å². The highest BCUT2D eigenvalue weighted by Crippen LogP contribution is 2.37. The molecule has 0 unspecified atom stereocenters. The van der Waals surface area contributed by atoms with Gasteiger partial charge in [-0.3, -0.25) is 4.90 Å². The van der Waals surface area contributed by atoms with Gasteiger partial charge in [0.05, 0.1) is 19.0 Å². The lowest BCUT2D eigenvalue weighted by molar-refractivity contribution is 0.130. The van der Waals surface area contributed by atoms with Gasteiger partial charge in [-0.25, -0.2) is 4.79 Å². The first-order valence-corrected chi connectivity index (χ1v) is 8.59. The number of rotatable bonds is 5. The number of carbonyl (C=O) groups is 1. The number of carbonyl (C=O) groups excluding carboxylic acids is 1. The molecular weight excluding hydrogens is 298 g/mol. The van der Waals surface area contributed by atoms with Crippen LogP contribution in [0.1, 0.15) is 45.8 Å². The zero-order chi connectivity index (χ0) is 16.3. The molecule has 1 amide bonds. The van der Waals surface area contributed by atoms with Crippen LogP contribution in [0.15, 0.2) is 24.3 Å². The van der Waals surface area contributed by atoms with Crippen molar-refractivity contribution in [2.45, 2.75) is 51.0 Å². The van der Waals surface area contributed by atoms with Crippen molar-refractivity contribution in [3.05, 3.63) is 29.8 Å². The Labute approximate surface area is 137 Å². The summed E-state index contributed by atoms with van der Waals surface area (Å²) in [5, 5.41) is 0. The molecule has 2 atom stereocenters. The molecule has 1 saturated heterocycles. The lowest BCUT2D eigenvalue weighted by Crippen LogP contribution is -2.34. The summed E-state index contributed by atoms with van der Waals surface area (Å²) < 4.78 is 10.9. The van der Waals surface area contributed by atoms with Gasteiger partial charge >= 0.3 is 6.09 Å². The Hall–Kier alpha value is -1.36. The van der Waals surface area contributed by atoms with Crippen molar-refractivity contribution in [3.8, 4) is 5.75 Å². The Kier molecular flexibility index (Phi) is 5.27. The van der Waals surface area contributed by atoms with E-state index in [4.69, 9.17) is 9.47 Å². The topological polar surface area (TPSA) is 38.8 Å². The van der Waals surface area contributed by atoms with Crippen LogP contribution < -0.4 is 4.74 Å². The average Bonchev–Trinajstić information content (AvgIpc) is 2.80. The number of methoxy groups -OCH3 is 1. The fraction of sp³-hybridized carbons (Fsp3) is 0.588. The van der Waals surface area contributed by atoms with Gasteiger partial charge < -0.3 is 9.47 Å². The zero-order valence-electron chi connectivity index (χ0n) is 14.0. The molecule has 0 N–H and O–H groups in total. The summed E-state index contributed by atoms with van der Waals surface area (Å²) in [4.78, 5) is 14.1. The van der Waals surface area contributed by atoms with Crippen molar-refractivity contribution in [1.29, 1.82) is 0 Å². The summed E-state index contributed by atoms with van der Waals surface area (Å²) in [5.74, 6) is 1.47. The number of thioether (sulfide) groups is 1. The Morgan fingerprint density at radius 2 is 1.91 bits per heavy atom. The van der Waals surface area contributed by atoms with E-state index in [1.54, 1.807) is 18.9 Å². The number of hydrogen-bond acceptors (Lipinski definition) is 4. The van der Waals surface area contributed by atoms with Crippen molar-refractivity contribution in [2.24, 2.45) is 0 Å². The molecular formula is C17H25NO3S. The third-order valence-electron chi connectivity index (χ3n) is 3.71. The molecule has 0 bridgehead atoms. The smallest absolute Gasteiger partial charge is 0.411 e. The normalized spacial score (nSPS) is 21.9. The van der Waals surface area contributed by atoms with Crippen molar-refractivity contribution in [3.63, 3.8) is 0 Å². The molecule has 0 saturated carbocycles. The molecule has 0 aromatic heterocycles. The maximum atomic E-state index is 12.2. The second-order valence-electron chi connectivity index (χ2n) is 6.41. The maximum Gasteiger partial charge on any atom is 0.411 e. The highest BCUT2D eigenvalue weighted by Gasteiger charge is 2.41. The third kappa shape index (κ3) is 3.88. The monoisotopic (exact) mass is 323 g/mol. The summed E-state index contributed by atoms with van der Waals surface area (Å²) in [6.45, 7) is 8.56. The standard InChI is InChI=1S/C17H25NO3S/c1-6-14-15(12-7-9-13(20-5)10-8-12)21-16(19)18(14)11-22-17(2,3)4/h7-10,14-15H,6,11H2,1-5H3/t14-,15+/m0/s1. The molecule has 0 spiro atoms. The predicted octanol–water partition coefficient (Wildman–Crippen LogP) is 4.46. The molecule has 1 heterocycles. The number of hydrogen-bond donors (Lipinski definition) is 0. The average molecular weight is 323 g/mol. The van der Waals surface area contributed by atoms with E-state index in [1.165, 1.54) is 0 Å². The van der Waals surface area contributed by atoms with E-state index in [-0.39, 0.29) is 23.0 Å². The quantitative estimate of drug-likeness (QED) is 0.802. The van der Waals surface area contributed by atoms with Crippen molar-refractivity contribution in [1.82, 2.24) is 4.90 Å². The van der Waals surface area contributed by atoms with Gasteiger partial charge in [0.15, 0.2) is 0 Å². The van der Waals surface area contributed by atoms with E-state index >= 15 is 0 Å². The summed E-state index contributed by atoms with van der Waals surface area (Å²) >= 11 is 1.76. The van der Waals surface area contributed by atoms with Crippen LogP contribution in [0, 0.1) is 0 Å². The number of nitrogens with zero attached hydrogens (tertiary/aromatic N) is 1. The highest BCUT2D eigenvalue weighted by molar-refractivity contribution is 8.00. The lowest BCUT2D eigenvalue weighted by atomic mass is 10.0. The second kappa shape index (κ2) is 6.82. The molecule has 0 aliphatic carbocycles. The van der Waals surface area contributed by atoms with Crippen molar-refractivity contribution >= 4 is 17.9 Å². The van der Waals surface area contributed by atoms with Crippen LogP contribution in [-0.4, -0.2) is 34.8 Å². The van der Waals surface area contributed by atoms with Gasteiger partial charge in [-0.1, -0.05) is 39.8 Å². The number of amides is 1. The maximum absolute atomic E-state index is 12.2. The minimum atomic E-state index is -0.218. The Balaban J connectivity index is 2.14. The fourth-order valence-corrected chi connectivity index (χ4v) is 3.31. The van der Waals surface area contributed by atoms with E-state index < -0.39 is 0 Å². The van der Waals surface area contributed by atoms with Crippen LogP contribution in [-0.2, 0) is 4.74 Å². The molecule has 1 aliphatic rings. The Morgan fingerprint density at radius 1 is 1.27 bits per heavy atom. The second-order valence-corrected chi connectivity index (χ2v) is 8.18. The summed E-state index contributed by atoms with van der Waals surface area (Å²) in [5.41, 5.74) is 1.02. The van der Waals surface area contributed by atoms with Crippen LogP contribution in [0.2, 0.25) is 0 Å². The van der Waals surface area contributed by atoms with Crippen LogP contribution in [0.4, 0.5) is 4.79 Å². The molecule has 4 nitrogen and oxygen atoms in total. The van der Waals surface area contributed by atoms with Crippen molar-refractivity contribution < 1.29 is 14.3 Å². The van der Waals surface area contributed by atoms with Crippen LogP contribution in [0.5, 0.6) is 5.75 Å². The molecule has 1 fully saturated rings. The van der Waals surface area contributed by atoms with E-state index in [2.05, 4.69) is 27.7 Å². The molecule has 2 rings (SSSR count). The molecule has 1 aromatic rings. The van der Waals surface area contributed by atoms with E-state index in [0.717, 1.165) is 17.7 Å². The first-order chi connectivity index (χ1) is 10.4. The lowest BCUT2D eigenvalue weighted by Gasteiger charge is -2.26. The minimum absolute atomic E-state index is 0.0794. The number of ether oxygens (including phenoxy) is 2. The first-order valence-electron chi connectivity index (χ1n) is 7.61. The predicted molar refractivity (Wildman–Crippen MR) is 90.3 cm³/mol. The molecule has 122 valence electrons. The van der Waals surface area contributed by atoms with Gasteiger partial charge in [0.1, 0.15) is 11.9 Å². The van der Waals surface area contributed by atoms with Crippen LogP contribution in [0.3, 0.4) is 0 Å². The van der Waals surface area contributed by atoms with E-state index in [1.807, 2.05) is 29.2 Å². The molecule has 1 aromatic carbocycles. The molecule has 1 aliphatic heterocycles. The minimum Gasteiger partial charge on any atom is -0.497 e. The number of benzene rings is 1.